The fourth-order valence-corrected chi connectivity index (χ4v) is 4.46. The van der Waals surface area contributed by atoms with E-state index in [4.69, 9.17) is 24.8 Å². The highest BCUT2D eigenvalue weighted by Crippen LogP contribution is 2.32. The van der Waals surface area contributed by atoms with Crippen LogP contribution < -0.4 is 4.74 Å². The lowest BCUT2D eigenvalue weighted by Crippen LogP contribution is -2.05. The van der Waals surface area contributed by atoms with Crippen molar-refractivity contribution in [3.8, 4) is 22.8 Å². The summed E-state index contributed by atoms with van der Waals surface area (Å²) >= 11 is 0. The molecule has 168 valence electrons. The topological polar surface area (TPSA) is 83.5 Å². The quantitative estimate of drug-likeness (QED) is 0.375. The summed E-state index contributed by atoms with van der Waals surface area (Å²) in [4.78, 5) is 18.9. The van der Waals surface area contributed by atoms with Gasteiger partial charge in [-0.1, -0.05) is 13.3 Å². The molecule has 0 spiro atoms. The maximum Gasteiger partial charge on any atom is 0.156 e. The van der Waals surface area contributed by atoms with E-state index in [1.807, 2.05) is 36.9 Å². The third kappa shape index (κ3) is 3.42. The largest absolute Gasteiger partial charge is 0.496 e. The molecule has 0 aliphatic rings. The third-order valence-corrected chi connectivity index (χ3v) is 6.04. The number of aryl methyl sites for hydroxylation is 4. The summed E-state index contributed by atoms with van der Waals surface area (Å²) in [5.41, 5.74) is 6.54. The van der Waals surface area contributed by atoms with Gasteiger partial charge in [-0.15, -0.1) is 0 Å². The summed E-state index contributed by atoms with van der Waals surface area (Å²) in [6.45, 7) is 9.20. The Morgan fingerprint density at radius 1 is 1.00 bits per heavy atom. The Hall–Kier alpha value is -3.81. The molecule has 0 N–H and O–H groups in total. The van der Waals surface area contributed by atoms with Crippen LogP contribution in [0.1, 0.15) is 37.5 Å². The number of fused-ring (bicyclic) bond motifs is 2. The van der Waals surface area contributed by atoms with E-state index in [2.05, 4.69) is 29.5 Å². The average molecular weight is 442 g/mol. The van der Waals surface area contributed by atoms with Crippen molar-refractivity contribution < 1.29 is 4.74 Å². The van der Waals surface area contributed by atoms with Crippen LogP contribution >= 0.6 is 0 Å². The molecule has 0 fully saturated rings. The normalized spacial score (nSPS) is 11.5. The number of rotatable bonds is 6. The van der Waals surface area contributed by atoms with E-state index in [1.54, 1.807) is 19.5 Å². The number of methoxy groups -OCH3 is 1. The molecule has 0 amide bonds. The molecule has 5 rings (SSSR count). The second kappa shape index (κ2) is 8.27. The average Bonchev–Trinajstić information content (AvgIpc) is 3.39. The first-order chi connectivity index (χ1) is 16.0. The fourth-order valence-electron chi connectivity index (χ4n) is 4.46. The molecule has 8 heteroatoms. The summed E-state index contributed by atoms with van der Waals surface area (Å²) in [7, 11) is 1.65. The Labute approximate surface area is 192 Å². The van der Waals surface area contributed by atoms with Crippen LogP contribution in [0, 0.1) is 13.8 Å². The van der Waals surface area contributed by atoms with Gasteiger partial charge in [0, 0.05) is 36.1 Å². The van der Waals surface area contributed by atoms with Gasteiger partial charge in [0.15, 0.2) is 5.82 Å². The molecular weight excluding hydrogens is 414 g/mol. The van der Waals surface area contributed by atoms with Crippen molar-refractivity contribution in [1.29, 1.82) is 0 Å². The number of pyridine rings is 3. The lowest BCUT2D eigenvalue weighted by Gasteiger charge is -2.11. The van der Waals surface area contributed by atoms with E-state index >= 15 is 0 Å². The van der Waals surface area contributed by atoms with Crippen molar-refractivity contribution in [3.63, 3.8) is 0 Å². The van der Waals surface area contributed by atoms with E-state index in [1.165, 1.54) is 0 Å². The molecule has 0 radical (unpaired) electrons. The van der Waals surface area contributed by atoms with Gasteiger partial charge in [-0.05, 0) is 39.3 Å². The maximum atomic E-state index is 5.54. The van der Waals surface area contributed by atoms with Crippen molar-refractivity contribution in [2.75, 3.05) is 7.11 Å². The van der Waals surface area contributed by atoms with Gasteiger partial charge < -0.3 is 9.30 Å². The van der Waals surface area contributed by atoms with Crippen LogP contribution in [-0.4, -0.2) is 41.4 Å². The van der Waals surface area contributed by atoms with Crippen LogP contribution in [0.5, 0.6) is 5.75 Å². The summed E-state index contributed by atoms with van der Waals surface area (Å²) in [5, 5.41) is 5.70. The number of nitrogens with zero attached hydrogens (tertiary/aromatic N) is 7. The van der Waals surface area contributed by atoms with Gasteiger partial charge in [0.2, 0.25) is 0 Å². The molecule has 0 saturated carbocycles. The van der Waals surface area contributed by atoms with Gasteiger partial charge in [0.25, 0.3) is 0 Å². The lowest BCUT2D eigenvalue weighted by molar-refractivity contribution is 0.416. The van der Waals surface area contributed by atoms with Crippen molar-refractivity contribution in [2.45, 2.75) is 47.1 Å². The zero-order valence-corrected chi connectivity index (χ0v) is 19.6. The van der Waals surface area contributed by atoms with E-state index in [9.17, 15) is 0 Å². The predicted octanol–water partition coefficient (Wildman–Crippen LogP) is 4.83. The molecule has 5 heterocycles. The molecule has 0 saturated heterocycles. The van der Waals surface area contributed by atoms with Gasteiger partial charge in [0.1, 0.15) is 17.1 Å². The maximum absolute atomic E-state index is 5.54. The van der Waals surface area contributed by atoms with E-state index in [0.717, 1.165) is 81.4 Å². The standard InChI is InChI=1S/C25H27N7O/c1-6-8-19-25-22(31(7-2)16(4)29-25)12-24(30-19)32-21-11-20(28-15(3)17(21)14-27-32)18-13-26-10-9-23(18)33-5/h9-14H,6-8H2,1-5H3. The van der Waals surface area contributed by atoms with Crippen LogP contribution in [0.2, 0.25) is 0 Å². The summed E-state index contributed by atoms with van der Waals surface area (Å²) in [6, 6.07) is 5.96. The lowest BCUT2D eigenvalue weighted by atomic mass is 10.1. The Kier molecular flexibility index (Phi) is 5.28. The number of ether oxygens (including phenoxy) is 1. The van der Waals surface area contributed by atoms with Crippen molar-refractivity contribution in [2.24, 2.45) is 0 Å². The molecule has 33 heavy (non-hydrogen) atoms. The van der Waals surface area contributed by atoms with Crippen LogP contribution in [-0.2, 0) is 13.0 Å². The van der Waals surface area contributed by atoms with E-state index in [0.29, 0.717) is 0 Å². The number of imidazole rings is 1. The van der Waals surface area contributed by atoms with E-state index < -0.39 is 0 Å². The summed E-state index contributed by atoms with van der Waals surface area (Å²) in [6.07, 6.45) is 7.21. The first-order valence-corrected chi connectivity index (χ1v) is 11.3. The van der Waals surface area contributed by atoms with Crippen molar-refractivity contribution in [1.82, 2.24) is 34.3 Å². The minimum absolute atomic E-state index is 0.731. The Morgan fingerprint density at radius 2 is 1.85 bits per heavy atom. The highest BCUT2D eigenvalue weighted by molar-refractivity contribution is 5.87. The van der Waals surface area contributed by atoms with Gasteiger partial charge >= 0.3 is 0 Å². The zero-order chi connectivity index (χ0) is 23.1. The zero-order valence-electron chi connectivity index (χ0n) is 19.6. The highest BCUT2D eigenvalue weighted by Gasteiger charge is 2.18. The second-order valence-electron chi connectivity index (χ2n) is 8.11. The Morgan fingerprint density at radius 3 is 2.61 bits per heavy atom. The van der Waals surface area contributed by atoms with Gasteiger partial charge in [-0.25, -0.2) is 14.6 Å². The van der Waals surface area contributed by atoms with Crippen molar-refractivity contribution in [3.05, 3.63) is 54.0 Å². The molecule has 5 aromatic heterocycles. The molecular formula is C25H27N7O. The first kappa shape index (κ1) is 21.1. The predicted molar refractivity (Wildman–Crippen MR) is 129 cm³/mol. The second-order valence-corrected chi connectivity index (χ2v) is 8.11. The number of aromatic nitrogens is 7. The minimum Gasteiger partial charge on any atom is -0.496 e. The van der Waals surface area contributed by atoms with Gasteiger partial charge in [-0.3, -0.25) is 9.97 Å². The smallest absolute Gasteiger partial charge is 0.156 e. The molecule has 0 aliphatic carbocycles. The minimum atomic E-state index is 0.731. The Balaban J connectivity index is 1.76. The number of hydrogen-bond donors (Lipinski definition) is 0. The monoisotopic (exact) mass is 441 g/mol. The molecule has 8 nitrogen and oxygen atoms in total. The number of hydrogen-bond acceptors (Lipinski definition) is 6. The molecule has 5 aromatic rings. The van der Waals surface area contributed by atoms with Crippen LogP contribution in [0.15, 0.2) is 36.8 Å². The van der Waals surface area contributed by atoms with Gasteiger partial charge in [0.05, 0.1) is 41.3 Å². The molecule has 0 aliphatic heterocycles. The molecule has 0 unspecified atom stereocenters. The molecule has 0 bridgehead atoms. The third-order valence-electron chi connectivity index (χ3n) is 6.04. The summed E-state index contributed by atoms with van der Waals surface area (Å²) in [5.74, 6) is 2.51. The van der Waals surface area contributed by atoms with Gasteiger partial charge in [-0.2, -0.15) is 5.10 Å². The summed E-state index contributed by atoms with van der Waals surface area (Å²) < 4.78 is 9.67. The molecule has 0 aromatic carbocycles. The van der Waals surface area contributed by atoms with Crippen LogP contribution in [0.4, 0.5) is 0 Å². The Bertz CT molecular complexity index is 1480. The van der Waals surface area contributed by atoms with Crippen molar-refractivity contribution >= 4 is 21.9 Å². The highest BCUT2D eigenvalue weighted by atomic mass is 16.5. The van der Waals surface area contributed by atoms with Crippen LogP contribution in [0.3, 0.4) is 0 Å². The van der Waals surface area contributed by atoms with E-state index in [-0.39, 0.29) is 0 Å². The first-order valence-electron chi connectivity index (χ1n) is 11.3. The SMILES string of the molecule is CCCc1nc(-n2ncc3c(C)nc(-c4cnccc4OC)cc32)cc2c1nc(C)n2CC. The fraction of sp³-hybridized carbons (Fsp3) is 0.320. The van der Waals surface area contributed by atoms with Crippen LogP contribution in [0.25, 0.3) is 39.0 Å². The molecule has 0 atom stereocenters.